The number of nitro groups is 1. The summed E-state index contributed by atoms with van der Waals surface area (Å²) in [7, 11) is -5.97. The highest BCUT2D eigenvalue weighted by Crippen LogP contribution is 2.30. The summed E-state index contributed by atoms with van der Waals surface area (Å²) in [6.45, 7) is 3.22. The lowest BCUT2D eigenvalue weighted by molar-refractivity contribution is -0.385. The van der Waals surface area contributed by atoms with E-state index in [9.17, 15) is 26.9 Å². The lowest BCUT2D eigenvalue weighted by atomic mass is 10.1. The predicted octanol–water partition coefficient (Wildman–Crippen LogP) is 2.69. The van der Waals surface area contributed by atoms with Gasteiger partial charge >= 0.3 is 0 Å². The van der Waals surface area contributed by atoms with Gasteiger partial charge in [0.25, 0.3) is 5.69 Å². The third-order valence-electron chi connectivity index (χ3n) is 4.38. The maximum Gasteiger partial charge on any atom is 0.270 e. The number of sulfone groups is 1. The molecule has 0 fully saturated rings. The first-order chi connectivity index (χ1) is 12.4. The molecule has 10 heteroatoms. The molecule has 0 unspecified atom stereocenters. The second kappa shape index (κ2) is 7.37. The number of hydrogen-bond acceptors (Lipinski definition) is 6. The minimum Gasteiger partial charge on any atom is -0.258 e. The van der Waals surface area contributed by atoms with Crippen molar-refractivity contribution in [1.29, 1.82) is 0 Å². The van der Waals surface area contributed by atoms with Crippen molar-refractivity contribution in [2.45, 2.75) is 29.7 Å². The Hall–Kier alpha value is -2.30. The van der Waals surface area contributed by atoms with Crippen LogP contribution in [-0.2, 0) is 19.9 Å². The zero-order valence-corrected chi connectivity index (χ0v) is 16.9. The van der Waals surface area contributed by atoms with Crippen molar-refractivity contribution in [3.63, 3.8) is 0 Å². The second-order valence-electron chi connectivity index (χ2n) is 6.25. The molecule has 2 aromatic carbocycles. The van der Waals surface area contributed by atoms with E-state index in [2.05, 4.69) is 0 Å². The van der Waals surface area contributed by atoms with Crippen LogP contribution in [-0.4, -0.2) is 39.4 Å². The Kier molecular flexibility index (Phi) is 5.74. The molecule has 0 saturated heterocycles. The summed E-state index contributed by atoms with van der Waals surface area (Å²) < 4.78 is 50.2. The van der Waals surface area contributed by atoms with Gasteiger partial charge in [0.1, 0.15) is 0 Å². The minimum atomic E-state index is -4.00. The van der Waals surface area contributed by atoms with Gasteiger partial charge in [0.15, 0.2) is 9.84 Å². The van der Waals surface area contributed by atoms with E-state index >= 15 is 0 Å². The molecule has 0 N–H and O–H groups in total. The lowest BCUT2D eigenvalue weighted by Crippen LogP contribution is -2.30. The normalized spacial score (nSPS) is 13.5. The quantitative estimate of drug-likeness (QED) is 0.532. The van der Waals surface area contributed by atoms with E-state index in [-0.39, 0.29) is 15.5 Å². The molecule has 2 rings (SSSR count). The van der Waals surface area contributed by atoms with Crippen LogP contribution in [0.1, 0.15) is 24.1 Å². The number of rotatable bonds is 6. The molecule has 0 aliphatic carbocycles. The van der Waals surface area contributed by atoms with Gasteiger partial charge in [0, 0.05) is 31.5 Å². The van der Waals surface area contributed by atoms with Crippen LogP contribution in [0.5, 0.6) is 0 Å². The van der Waals surface area contributed by atoms with Crippen molar-refractivity contribution in [1.82, 2.24) is 4.31 Å². The number of non-ortho nitro benzene ring substituents is 1. The first-order valence-electron chi connectivity index (χ1n) is 7.89. The monoisotopic (exact) mass is 412 g/mol. The fourth-order valence-corrected chi connectivity index (χ4v) is 4.77. The number of nitro benzene ring substituents is 1. The third-order valence-corrected chi connectivity index (χ3v) is 7.57. The van der Waals surface area contributed by atoms with Gasteiger partial charge in [-0.25, -0.2) is 16.8 Å². The van der Waals surface area contributed by atoms with Crippen LogP contribution in [0.4, 0.5) is 5.69 Å². The summed E-state index contributed by atoms with van der Waals surface area (Å²) in [5.41, 5.74) is 0.682. The van der Waals surface area contributed by atoms with Gasteiger partial charge in [-0.3, -0.25) is 10.1 Å². The maximum atomic E-state index is 13.0. The molecule has 0 amide bonds. The number of hydrogen-bond donors (Lipinski definition) is 0. The highest BCUT2D eigenvalue weighted by atomic mass is 32.2. The molecule has 0 aliphatic heterocycles. The summed E-state index contributed by atoms with van der Waals surface area (Å²) in [6, 6.07) is 9.01. The molecule has 0 bridgehead atoms. The average molecular weight is 412 g/mol. The van der Waals surface area contributed by atoms with Crippen LogP contribution in [0, 0.1) is 17.0 Å². The molecular formula is C17H20N2O6S2. The maximum absolute atomic E-state index is 13.0. The van der Waals surface area contributed by atoms with Gasteiger partial charge in [-0.05, 0) is 37.1 Å². The first-order valence-corrected chi connectivity index (χ1v) is 11.2. The minimum absolute atomic E-state index is 0.137. The standard InChI is InChI=1S/C17H20N2O6S2/c1-12-5-8-15(19(20)21)11-17(12)27(24,25)18(3)13(2)14-6-9-16(10-7-14)26(4,22)23/h5-11,13H,1-4H3/t13-/m0/s1. The van der Waals surface area contributed by atoms with E-state index in [4.69, 9.17) is 0 Å². The fourth-order valence-electron chi connectivity index (χ4n) is 2.55. The molecular weight excluding hydrogens is 392 g/mol. The SMILES string of the molecule is Cc1ccc([N+](=O)[O-])cc1S(=O)(=O)N(C)[C@@H](C)c1ccc(S(C)(=O)=O)cc1. The lowest BCUT2D eigenvalue weighted by Gasteiger charge is -2.25. The smallest absolute Gasteiger partial charge is 0.258 e. The Labute approximate surface area is 158 Å². The predicted molar refractivity (Wildman–Crippen MR) is 101 cm³/mol. The van der Waals surface area contributed by atoms with Crippen LogP contribution >= 0.6 is 0 Å². The van der Waals surface area contributed by atoms with E-state index in [1.165, 1.54) is 31.3 Å². The van der Waals surface area contributed by atoms with Gasteiger partial charge in [-0.1, -0.05) is 18.2 Å². The molecule has 0 aliphatic rings. The van der Waals surface area contributed by atoms with Gasteiger partial charge in [0.2, 0.25) is 10.0 Å². The fraction of sp³-hybridized carbons (Fsp3) is 0.294. The van der Waals surface area contributed by atoms with Crippen LogP contribution in [0.25, 0.3) is 0 Å². The molecule has 27 heavy (non-hydrogen) atoms. The Bertz CT molecular complexity index is 1080. The van der Waals surface area contributed by atoms with Crippen molar-refractivity contribution in [2.75, 3.05) is 13.3 Å². The molecule has 0 saturated carbocycles. The average Bonchev–Trinajstić information content (AvgIpc) is 2.59. The van der Waals surface area contributed by atoms with E-state index < -0.39 is 30.8 Å². The number of sulfonamides is 1. The summed E-state index contributed by atoms with van der Waals surface area (Å²) in [5.74, 6) is 0. The largest absolute Gasteiger partial charge is 0.270 e. The molecule has 8 nitrogen and oxygen atoms in total. The van der Waals surface area contributed by atoms with Crippen LogP contribution < -0.4 is 0 Å². The van der Waals surface area contributed by atoms with E-state index in [0.717, 1.165) is 16.6 Å². The Balaban J connectivity index is 2.42. The molecule has 0 heterocycles. The van der Waals surface area contributed by atoms with Gasteiger partial charge in [-0.2, -0.15) is 4.31 Å². The Morgan fingerprint density at radius 3 is 2.07 bits per heavy atom. The van der Waals surface area contributed by atoms with Gasteiger partial charge < -0.3 is 0 Å². The molecule has 0 aromatic heterocycles. The highest BCUT2D eigenvalue weighted by molar-refractivity contribution is 7.90. The summed E-state index contributed by atoms with van der Waals surface area (Å²) in [5, 5.41) is 11.0. The number of aryl methyl sites for hydroxylation is 1. The van der Waals surface area contributed by atoms with E-state index in [1.807, 2.05) is 0 Å². The zero-order chi connectivity index (χ0) is 20.6. The topological polar surface area (TPSA) is 115 Å². The number of nitrogens with zero attached hydrogens (tertiary/aromatic N) is 2. The number of benzene rings is 2. The van der Waals surface area contributed by atoms with Crippen molar-refractivity contribution in [2.24, 2.45) is 0 Å². The second-order valence-corrected chi connectivity index (χ2v) is 10.2. The third kappa shape index (κ3) is 4.34. The van der Waals surface area contributed by atoms with Crippen LogP contribution in [0.3, 0.4) is 0 Å². The van der Waals surface area contributed by atoms with E-state index in [0.29, 0.717) is 11.1 Å². The molecule has 0 spiro atoms. The van der Waals surface area contributed by atoms with Crippen molar-refractivity contribution < 1.29 is 21.8 Å². The summed E-state index contributed by atoms with van der Waals surface area (Å²) in [6.07, 6.45) is 1.09. The summed E-state index contributed by atoms with van der Waals surface area (Å²) >= 11 is 0. The molecule has 2 aromatic rings. The molecule has 146 valence electrons. The molecule has 1 atom stereocenters. The summed E-state index contributed by atoms with van der Waals surface area (Å²) in [4.78, 5) is 10.3. The highest BCUT2D eigenvalue weighted by Gasteiger charge is 2.29. The van der Waals surface area contributed by atoms with E-state index in [1.54, 1.807) is 26.0 Å². The van der Waals surface area contributed by atoms with Crippen molar-refractivity contribution >= 4 is 25.5 Å². The van der Waals surface area contributed by atoms with Gasteiger partial charge in [-0.15, -0.1) is 0 Å². The van der Waals surface area contributed by atoms with Crippen LogP contribution in [0.15, 0.2) is 52.3 Å². The van der Waals surface area contributed by atoms with Gasteiger partial charge in [0.05, 0.1) is 14.7 Å². The van der Waals surface area contributed by atoms with Crippen molar-refractivity contribution in [3.8, 4) is 0 Å². The Morgan fingerprint density at radius 2 is 1.59 bits per heavy atom. The van der Waals surface area contributed by atoms with Crippen molar-refractivity contribution in [3.05, 3.63) is 63.7 Å². The zero-order valence-electron chi connectivity index (χ0n) is 15.3. The molecule has 0 radical (unpaired) electrons. The first kappa shape index (κ1) is 21.0. The Morgan fingerprint density at radius 1 is 1.04 bits per heavy atom. The van der Waals surface area contributed by atoms with Crippen LogP contribution in [0.2, 0.25) is 0 Å².